The van der Waals surface area contributed by atoms with Crippen LogP contribution in [0.5, 0.6) is 0 Å². The van der Waals surface area contributed by atoms with Crippen LogP contribution in [0.4, 0.5) is 0 Å². The van der Waals surface area contributed by atoms with Crippen molar-refractivity contribution in [3.8, 4) is 0 Å². The van der Waals surface area contributed by atoms with E-state index in [0.717, 1.165) is 17.1 Å². The molecule has 2 heterocycles. The highest BCUT2D eigenvalue weighted by atomic mass is 32.2. The first kappa shape index (κ1) is 17.0. The van der Waals surface area contributed by atoms with Crippen molar-refractivity contribution < 1.29 is 17.6 Å². The van der Waals surface area contributed by atoms with Gasteiger partial charge in [-0.05, 0) is 26.8 Å². The molecule has 1 aliphatic heterocycles. The Morgan fingerprint density at radius 1 is 1.45 bits per heavy atom. The van der Waals surface area contributed by atoms with Gasteiger partial charge in [0.25, 0.3) is 5.91 Å². The number of carbonyl (C=O) groups is 1. The van der Waals surface area contributed by atoms with Crippen molar-refractivity contribution in [2.75, 3.05) is 34.2 Å². The standard InChI is InChI=1S/C14H23N3O4S/c1-10-13(22(19,20)16(3)4)8-12(21-10)14(18)17-7-5-6-11(9-17)15-2/h8,11,15H,5-7,9H2,1-4H3. The van der Waals surface area contributed by atoms with Crippen molar-refractivity contribution in [3.63, 3.8) is 0 Å². The highest BCUT2D eigenvalue weighted by Crippen LogP contribution is 2.24. The molecule has 1 N–H and O–H groups in total. The number of likely N-dealkylation sites (N-methyl/N-ethyl adjacent to an activating group) is 1. The number of likely N-dealkylation sites (tertiary alicyclic amines) is 1. The molecule has 0 spiro atoms. The van der Waals surface area contributed by atoms with Crippen LogP contribution in [0.1, 0.15) is 29.2 Å². The van der Waals surface area contributed by atoms with Crippen molar-refractivity contribution in [2.24, 2.45) is 0 Å². The van der Waals surface area contributed by atoms with E-state index in [0.29, 0.717) is 13.1 Å². The first-order valence-electron chi connectivity index (χ1n) is 7.27. The van der Waals surface area contributed by atoms with Crippen molar-refractivity contribution in [1.29, 1.82) is 0 Å². The minimum absolute atomic E-state index is 0.0445. The number of carbonyl (C=O) groups excluding carboxylic acids is 1. The molecule has 0 saturated carbocycles. The van der Waals surface area contributed by atoms with E-state index in [2.05, 4.69) is 5.32 Å². The van der Waals surface area contributed by atoms with E-state index in [1.165, 1.54) is 20.2 Å². The number of hydrogen-bond donors (Lipinski definition) is 1. The molecule has 1 aliphatic rings. The Hall–Kier alpha value is -1.38. The average molecular weight is 329 g/mol. The van der Waals surface area contributed by atoms with E-state index in [1.54, 1.807) is 11.8 Å². The van der Waals surface area contributed by atoms with Crippen LogP contribution in [0.25, 0.3) is 0 Å². The van der Waals surface area contributed by atoms with Crippen LogP contribution < -0.4 is 5.32 Å². The second-order valence-electron chi connectivity index (χ2n) is 5.70. The van der Waals surface area contributed by atoms with Crippen LogP contribution in [0.15, 0.2) is 15.4 Å². The summed E-state index contributed by atoms with van der Waals surface area (Å²) in [6.45, 7) is 2.82. The van der Waals surface area contributed by atoms with Gasteiger partial charge >= 0.3 is 0 Å². The van der Waals surface area contributed by atoms with E-state index < -0.39 is 10.0 Å². The van der Waals surface area contributed by atoms with Crippen molar-refractivity contribution in [2.45, 2.75) is 30.7 Å². The second-order valence-corrected chi connectivity index (χ2v) is 7.82. The van der Waals surface area contributed by atoms with Gasteiger partial charge in [-0.2, -0.15) is 0 Å². The van der Waals surface area contributed by atoms with Gasteiger partial charge in [0.15, 0.2) is 5.76 Å². The third-order valence-electron chi connectivity index (χ3n) is 3.96. The summed E-state index contributed by atoms with van der Waals surface area (Å²) < 4.78 is 30.9. The van der Waals surface area contributed by atoms with Gasteiger partial charge in [0.1, 0.15) is 10.7 Å². The predicted octanol–water partition coefficient (Wildman–Crippen LogP) is 0.662. The SMILES string of the molecule is CNC1CCCN(C(=O)c2cc(S(=O)(=O)N(C)C)c(C)o2)C1. The van der Waals surface area contributed by atoms with Gasteiger partial charge in [0, 0.05) is 39.3 Å². The Morgan fingerprint density at radius 2 is 2.14 bits per heavy atom. The average Bonchev–Trinajstić information content (AvgIpc) is 2.89. The number of aryl methyl sites for hydroxylation is 1. The predicted molar refractivity (Wildman–Crippen MR) is 82.3 cm³/mol. The molecular weight excluding hydrogens is 306 g/mol. The third-order valence-corrected chi connectivity index (χ3v) is 5.88. The molecule has 1 unspecified atom stereocenters. The Morgan fingerprint density at radius 3 is 2.73 bits per heavy atom. The molecule has 1 atom stereocenters. The molecule has 1 aromatic heterocycles. The molecule has 22 heavy (non-hydrogen) atoms. The summed E-state index contributed by atoms with van der Waals surface area (Å²) in [6, 6.07) is 1.59. The zero-order chi connectivity index (χ0) is 16.5. The molecular formula is C14H23N3O4S. The molecule has 7 nitrogen and oxygen atoms in total. The van der Waals surface area contributed by atoms with E-state index in [-0.39, 0.29) is 28.4 Å². The zero-order valence-corrected chi connectivity index (χ0v) is 14.2. The van der Waals surface area contributed by atoms with Crippen LogP contribution in [0.3, 0.4) is 0 Å². The maximum atomic E-state index is 12.5. The van der Waals surface area contributed by atoms with Gasteiger partial charge in [-0.15, -0.1) is 0 Å². The number of sulfonamides is 1. The highest BCUT2D eigenvalue weighted by molar-refractivity contribution is 7.89. The lowest BCUT2D eigenvalue weighted by molar-refractivity contribution is 0.0664. The molecule has 124 valence electrons. The Bertz CT molecular complexity index is 651. The van der Waals surface area contributed by atoms with E-state index in [1.807, 2.05) is 7.05 Å². The number of furan rings is 1. The van der Waals surface area contributed by atoms with Crippen molar-refractivity contribution in [3.05, 3.63) is 17.6 Å². The van der Waals surface area contributed by atoms with Gasteiger partial charge in [0.05, 0.1) is 0 Å². The lowest BCUT2D eigenvalue weighted by Crippen LogP contribution is -2.46. The van der Waals surface area contributed by atoms with Crippen LogP contribution in [0, 0.1) is 6.92 Å². The molecule has 1 aromatic rings. The van der Waals surface area contributed by atoms with Gasteiger partial charge in [-0.25, -0.2) is 12.7 Å². The third kappa shape index (κ3) is 3.18. The molecule has 0 radical (unpaired) electrons. The summed E-state index contributed by atoms with van der Waals surface area (Å²) in [5, 5.41) is 3.17. The maximum Gasteiger partial charge on any atom is 0.289 e. The second kappa shape index (κ2) is 6.39. The van der Waals surface area contributed by atoms with Gasteiger partial charge in [-0.3, -0.25) is 4.79 Å². The Kier molecular flexibility index (Phi) is 4.93. The lowest BCUT2D eigenvalue weighted by Gasteiger charge is -2.31. The zero-order valence-electron chi connectivity index (χ0n) is 13.4. The van der Waals surface area contributed by atoms with Gasteiger partial charge in [0.2, 0.25) is 10.0 Å². The molecule has 0 aromatic carbocycles. The van der Waals surface area contributed by atoms with Crippen LogP contribution >= 0.6 is 0 Å². The van der Waals surface area contributed by atoms with E-state index >= 15 is 0 Å². The smallest absolute Gasteiger partial charge is 0.289 e. The molecule has 0 aliphatic carbocycles. The molecule has 1 amide bonds. The topological polar surface area (TPSA) is 82.9 Å². The number of amides is 1. The number of hydrogen-bond acceptors (Lipinski definition) is 5. The molecule has 8 heteroatoms. The molecule has 0 bridgehead atoms. The molecule has 1 fully saturated rings. The fourth-order valence-electron chi connectivity index (χ4n) is 2.58. The lowest BCUT2D eigenvalue weighted by atomic mass is 10.1. The summed E-state index contributed by atoms with van der Waals surface area (Å²) in [5.41, 5.74) is 0. The summed E-state index contributed by atoms with van der Waals surface area (Å²) in [6.07, 6.45) is 1.94. The minimum Gasteiger partial charge on any atom is -0.455 e. The number of nitrogens with one attached hydrogen (secondary N) is 1. The number of nitrogens with zero attached hydrogens (tertiary/aromatic N) is 2. The van der Waals surface area contributed by atoms with Crippen LogP contribution in [-0.4, -0.2) is 63.8 Å². The van der Waals surface area contributed by atoms with Crippen molar-refractivity contribution >= 4 is 15.9 Å². The highest BCUT2D eigenvalue weighted by Gasteiger charge is 2.29. The van der Waals surface area contributed by atoms with E-state index in [9.17, 15) is 13.2 Å². The quantitative estimate of drug-likeness (QED) is 0.877. The Labute approximate surface area is 131 Å². The van der Waals surface area contributed by atoms with E-state index in [4.69, 9.17) is 4.42 Å². The largest absolute Gasteiger partial charge is 0.455 e. The maximum absolute atomic E-state index is 12.5. The van der Waals surface area contributed by atoms with Gasteiger partial charge < -0.3 is 14.6 Å². The van der Waals surface area contributed by atoms with Crippen LogP contribution in [-0.2, 0) is 10.0 Å². The first-order valence-corrected chi connectivity index (χ1v) is 8.71. The first-order chi connectivity index (χ1) is 10.3. The fourth-order valence-corrected chi connectivity index (χ4v) is 3.63. The Balaban J connectivity index is 2.25. The van der Waals surface area contributed by atoms with Gasteiger partial charge in [-0.1, -0.05) is 0 Å². The number of rotatable bonds is 4. The molecule has 1 saturated heterocycles. The molecule has 2 rings (SSSR count). The fraction of sp³-hybridized carbons (Fsp3) is 0.643. The number of piperidine rings is 1. The minimum atomic E-state index is -3.61. The summed E-state index contributed by atoms with van der Waals surface area (Å²) in [4.78, 5) is 14.3. The van der Waals surface area contributed by atoms with Crippen LogP contribution in [0.2, 0.25) is 0 Å². The normalized spacial score (nSPS) is 19.7. The van der Waals surface area contributed by atoms with Crippen molar-refractivity contribution in [1.82, 2.24) is 14.5 Å². The summed E-state index contributed by atoms with van der Waals surface area (Å²) in [5.74, 6) is 0.0529. The summed E-state index contributed by atoms with van der Waals surface area (Å²) in [7, 11) is 1.16. The monoisotopic (exact) mass is 329 g/mol. The summed E-state index contributed by atoms with van der Waals surface area (Å²) >= 11 is 0.